The number of likely N-dealkylation sites (tertiary alicyclic amines) is 1. The van der Waals surface area contributed by atoms with Crippen LogP contribution in [0.3, 0.4) is 0 Å². The summed E-state index contributed by atoms with van der Waals surface area (Å²) in [7, 11) is 1.85. The topological polar surface area (TPSA) is 77.7 Å². The van der Waals surface area contributed by atoms with Crippen molar-refractivity contribution in [2.45, 2.75) is 51.7 Å². The summed E-state index contributed by atoms with van der Waals surface area (Å²) in [6.07, 6.45) is 7.35. The van der Waals surface area contributed by atoms with Crippen LogP contribution in [-0.4, -0.2) is 64.5 Å². The predicted octanol–water partition coefficient (Wildman–Crippen LogP) is 1.06. The zero-order chi connectivity index (χ0) is 18.3. The number of hydrogen-bond donors (Lipinski definition) is 3. The molecule has 0 saturated carbocycles. The molecule has 2 heterocycles. The Morgan fingerprint density at radius 1 is 1.40 bits per heavy atom. The van der Waals surface area contributed by atoms with Gasteiger partial charge in [0.15, 0.2) is 5.96 Å². The summed E-state index contributed by atoms with van der Waals surface area (Å²) in [5.41, 5.74) is -0.254. The summed E-state index contributed by atoms with van der Waals surface area (Å²) in [6, 6.07) is 0.557. The molecule has 0 aliphatic carbocycles. The molecule has 1 saturated heterocycles. The molecule has 7 nitrogen and oxygen atoms in total. The van der Waals surface area contributed by atoms with Gasteiger partial charge in [-0.2, -0.15) is 5.10 Å². The fraction of sp³-hybridized carbons (Fsp3) is 0.778. The summed E-state index contributed by atoms with van der Waals surface area (Å²) in [4.78, 5) is 7.13. The van der Waals surface area contributed by atoms with E-state index in [4.69, 9.17) is 0 Å². The molecule has 2 unspecified atom stereocenters. The van der Waals surface area contributed by atoms with Gasteiger partial charge < -0.3 is 15.7 Å². The maximum absolute atomic E-state index is 10.7. The van der Waals surface area contributed by atoms with E-state index in [-0.39, 0.29) is 6.54 Å². The number of nitrogens with one attached hydrogen (secondary N) is 2. The summed E-state index contributed by atoms with van der Waals surface area (Å²) in [6.45, 7) is 10.3. The number of hydrogen-bond acceptors (Lipinski definition) is 4. The largest absolute Gasteiger partial charge is 0.383 e. The Morgan fingerprint density at radius 2 is 2.20 bits per heavy atom. The van der Waals surface area contributed by atoms with E-state index in [1.54, 1.807) is 17.8 Å². The minimum Gasteiger partial charge on any atom is -0.383 e. The van der Waals surface area contributed by atoms with Crippen molar-refractivity contribution >= 4 is 5.96 Å². The predicted molar refractivity (Wildman–Crippen MR) is 102 cm³/mol. The van der Waals surface area contributed by atoms with Crippen molar-refractivity contribution in [1.29, 1.82) is 0 Å². The maximum Gasteiger partial charge on any atom is 0.191 e. The van der Waals surface area contributed by atoms with Gasteiger partial charge >= 0.3 is 0 Å². The van der Waals surface area contributed by atoms with Crippen LogP contribution in [0.5, 0.6) is 0 Å². The maximum atomic E-state index is 10.7. The fourth-order valence-corrected chi connectivity index (χ4v) is 3.29. The zero-order valence-electron chi connectivity index (χ0n) is 16.1. The molecule has 25 heavy (non-hydrogen) atoms. The lowest BCUT2D eigenvalue weighted by atomic mass is 10.0. The molecule has 142 valence electrons. The fourth-order valence-electron chi connectivity index (χ4n) is 3.29. The van der Waals surface area contributed by atoms with E-state index >= 15 is 0 Å². The lowest BCUT2D eigenvalue weighted by molar-refractivity contribution is 0.0671. The van der Waals surface area contributed by atoms with E-state index < -0.39 is 5.60 Å². The third kappa shape index (κ3) is 5.71. The summed E-state index contributed by atoms with van der Waals surface area (Å²) in [5, 5.41) is 21.5. The summed E-state index contributed by atoms with van der Waals surface area (Å²) in [5.74, 6) is 0.758. The van der Waals surface area contributed by atoms with Crippen molar-refractivity contribution in [2.24, 2.45) is 12.0 Å². The number of piperidine rings is 1. The van der Waals surface area contributed by atoms with Gasteiger partial charge in [0.05, 0.1) is 12.7 Å². The van der Waals surface area contributed by atoms with Crippen molar-refractivity contribution in [3.05, 3.63) is 18.0 Å². The Bertz CT molecular complexity index is 554. The summed E-state index contributed by atoms with van der Waals surface area (Å²) < 4.78 is 1.69. The van der Waals surface area contributed by atoms with Crippen molar-refractivity contribution < 1.29 is 5.11 Å². The van der Waals surface area contributed by atoms with Crippen LogP contribution in [0.15, 0.2) is 17.4 Å². The molecule has 3 N–H and O–H groups in total. The Hall–Kier alpha value is -1.60. The molecule has 2 atom stereocenters. The van der Waals surface area contributed by atoms with Crippen LogP contribution in [0.2, 0.25) is 0 Å². The first-order chi connectivity index (χ1) is 12.0. The van der Waals surface area contributed by atoms with Crippen LogP contribution in [0.25, 0.3) is 0 Å². The van der Waals surface area contributed by atoms with Gasteiger partial charge in [-0.25, -0.2) is 4.99 Å². The monoisotopic (exact) mass is 350 g/mol. The van der Waals surface area contributed by atoms with Gasteiger partial charge in [0, 0.05) is 37.9 Å². The number of aliphatic hydroxyl groups is 1. The van der Waals surface area contributed by atoms with Crippen LogP contribution in [0.4, 0.5) is 0 Å². The highest BCUT2D eigenvalue weighted by Gasteiger charge is 2.25. The smallest absolute Gasteiger partial charge is 0.191 e. The highest BCUT2D eigenvalue weighted by atomic mass is 16.3. The number of likely N-dealkylation sites (N-methyl/N-ethyl adjacent to an activating group) is 1. The normalized spacial score (nSPS) is 21.8. The molecule has 1 aliphatic heterocycles. The van der Waals surface area contributed by atoms with E-state index in [9.17, 15) is 5.11 Å². The molecule has 2 rings (SSSR count). The number of aromatic nitrogens is 2. The SMILES string of the molecule is CCNC(=NCC(C)(O)c1cnn(C)c1)NCC1CCCCN1CC. The summed E-state index contributed by atoms with van der Waals surface area (Å²) >= 11 is 0. The molecule has 1 fully saturated rings. The lowest BCUT2D eigenvalue weighted by Gasteiger charge is -2.35. The first-order valence-electron chi connectivity index (χ1n) is 9.44. The van der Waals surface area contributed by atoms with Crippen molar-refractivity contribution in [3.63, 3.8) is 0 Å². The number of aryl methyl sites for hydroxylation is 1. The van der Waals surface area contributed by atoms with Gasteiger partial charge in [-0.1, -0.05) is 13.3 Å². The van der Waals surface area contributed by atoms with Crippen LogP contribution in [0.1, 0.15) is 45.6 Å². The minimum absolute atomic E-state index is 0.288. The number of rotatable bonds is 7. The molecule has 1 aliphatic rings. The molecule has 1 aromatic rings. The van der Waals surface area contributed by atoms with E-state index in [1.807, 2.05) is 13.2 Å². The van der Waals surface area contributed by atoms with Gasteiger partial charge in [0.2, 0.25) is 0 Å². The van der Waals surface area contributed by atoms with Crippen LogP contribution < -0.4 is 10.6 Å². The Labute approximate surface area is 151 Å². The van der Waals surface area contributed by atoms with Crippen LogP contribution in [-0.2, 0) is 12.6 Å². The van der Waals surface area contributed by atoms with E-state index in [1.165, 1.54) is 25.8 Å². The Balaban J connectivity index is 1.95. The number of nitrogens with zero attached hydrogens (tertiary/aromatic N) is 4. The van der Waals surface area contributed by atoms with E-state index in [0.717, 1.165) is 31.2 Å². The molecule has 7 heteroatoms. The third-order valence-corrected chi connectivity index (χ3v) is 4.88. The average Bonchev–Trinajstić information content (AvgIpc) is 3.05. The Morgan fingerprint density at radius 3 is 2.84 bits per heavy atom. The zero-order valence-corrected chi connectivity index (χ0v) is 16.1. The average molecular weight is 351 g/mol. The van der Waals surface area contributed by atoms with E-state index in [2.05, 4.69) is 39.5 Å². The van der Waals surface area contributed by atoms with Crippen molar-refractivity contribution in [3.8, 4) is 0 Å². The second-order valence-corrected chi connectivity index (χ2v) is 7.03. The molecule has 0 amide bonds. The molecular weight excluding hydrogens is 316 g/mol. The third-order valence-electron chi connectivity index (χ3n) is 4.88. The highest BCUT2D eigenvalue weighted by molar-refractivity contribution is 5.79. The van der Waals surface area contributed by atoms with Gasteiger partial charge in [-0.15, -0.1) is 0 Å². The molecule has 0 bridgehead atoms. The standard InChI is InChI=1S/C18H34N6O/c1-5-19-17(20-12-16-9-7-8-10-24(16)6-2)21-14-18(3,25)15-11-22-23(4)13-15/h11,13,16,25H,5-10,12,14H2,1-4H3,(H2,19,20,21). The molecular formula is C18H34N6O. The van der Waals surface area contributed by atoms with Crippen molar-refractivity contribution in [2.75, 3.05) is 32.7 Å². The van der Waals surface area contributed by atoms with Gasteiger partial charge in [-0.05, 0) is 39.8 Å². The van der Waals surface area contributed by atoms with Crippen LogP contribution >= 0.6 is 0 Å². The van der Waals surface area contributed by atoms with Crippen molar-refractivity contribution in [1.82, 2.24) is 25.3 Å². The second-order valence-electron chi connectivity index (χ2n) is 7.03. The second kappa shape index (κ2) is 9.20. The highest BCUT2D eigenvalue weighted by Crippen LogP contribution is 2.20. The Kier molecular flexibility index (Phi) is 7.25. The molecule has 0 radical (unpaired) electrons. The van der Waals surface area contributed by atoms with Gasteiger partial charge in [-0.3, -0.25) is 9.58 Å². The lowest BCUT2D eigenvalue weighted by Crippen LogP contribution is -2.49. The number of aliphatic imine (C=N–C) groups is 1. The number of guanidine groups is 1. The molecule has 0 spiro atoms. The minimum atomic E-state index is -1.03. The first kappa shape index (κ1) is 19.7. The van der Waals surface area contributed by atoms with Gasteiger partial charge in [0.1, 0.15) is 5.60 Å². The van der Waals surface area contributed by atoms with Gasteiger partial charge in [0.25, 0.3) is 0 Å². The van der Waals surface area contributed by atoms with Crippen LogP contribution in [0, 0.1) is 0 Å². The van der Waals surface area contributed by atoms with E-state index in [0.29, 0.717) is 6.04 Å². The molecule has 1 aromatic heterocycles. The molecule has 0 aromatic carbocycles. The quantitative estimate of drug-likeness (QED) is 0.506. The first-order valence-corrected chi connectivity index (χ1v) is 9.44.